The Balaban J connectivity index is 1.74. The van der Waals surface area contributed by atoms with E-state index in [1.165, 1.54) is 17.7 Å². The van der Waals surface area contributed by atoms with Crippen molar-refractivity contribution < 1.29 is 0 Å². The standard InChI is InChI=1S/C10H15NS2/c1-8-4-10(7-13-8)11-5-9-2-3-12-6-9/h2-3,6,8,10-11H,4-5,7H2,1H3. The van der Waals surface area contributed by atoms with Crippen molar-refractivity contribution in [3.8, 4) is 0 Å². The highest BCUT2D eigenvalue weighted by atomic mass is 32.2. The molecule has 72 valence electrons. The Hall–Kier alpha value is 0.01000. The van der Waals surface area contributed by atoms with E-state index in [9.17, 15) is 0 Å². The van der Waals surface area contributed by atoms with Gasteiger partial charge >= 0.3 is 0 Å². The van der Waals surface area contributed by atoms with E-state index in [0.29, 0.717) is 0 Å². The van der Waals surface area contributed by atoms with Gasteiger partial charge in [-0.1, -0.05) is 6.92 Å². The summed E-state index contributed by atoms with van der Waals surface area (Å²) >= 11 is 3.86. The van der Waals surface area contributed by atoms with Crippen LogP contribution in [-0.4, -0.2) is 17.0 Å². The lowest BCUT2D eigenvalue weighted by Crippen LogP contribution is -2.28. The van der Waals surface area contributed by atoms with Gasteiger partial charge < -0.3 is 5.32 Å². The van der Waals surface area contributed by atoms with Gasteiger partial charge in [-0.15, -0.1) is 0 Å². The molecule has 0 aliphatic carbocycles. The number of thioether (sulfide) groups is 1. The van der Waals surface area contributed by atoms with Crippen molar-refractivity contribution in [3.63, 3.8) is 0 Å². The first kappa shape index (κ1) is 9.56. The largest absolute Gasteiger partial charge is 0.309 e. The molecule has 0 amide bonds. The second-order valence-corrected chi connectivity index (χ2v) is 5.84. The average Bonchev–Trinajstić information content (AvgIpc) is 2.71. The Morgan fingerprint density at radius 1 is 1.62 bits per heavy atom. The van der Waals surface area contributed by atoms with E-state index in [2.05, 4.69) is 40.8 Å². The molecule has 1 nitrogen and oxygen atoms in total. The predicted molar refractivity (Wildman–Crippen MR) is 61.5 cm³/mol. The minimum atomic E-state index is 0.736. The smallest absolute Gasteiger partial charge is 0.0216 e. The van der Waals surface area contributed by atoms with Gasteiger partial charge in [-0.3, -0.25) is 0 Å². The number of hydrogen-bond acceptors (Lipinski definition) is 3. The molecule has 13 heavy (non-hydrogen) atoms. The summed E-state index contributed by atoms with van der Waals surface area (Å²) in [6.07, 6.45) is 1.33. The maximum Gasteiger partial charge on any atom is 0.0216 e. The monoisotopic (exact) mass is 213 g/mol. The molecule has 1 fully saturated rings. The zero-order valence-electron chi connectivity index (χ0n) is 7.82. The van der Waals surface area contributed by atoms with E-state index in [0.717, 1.165) is 17.8 Å². The van der Waals surface area contributed by atoms with Crippen molar-refractivity contribution in [2.75, 3.05) is 5.75 Å². The van der Waals surface area contributed by atoms with Crippen LogP contribution in [0.25, 0.3) is 0 Å². The molecular weight excluding hydrogens is 198 g/mol. The Morgan fingerprint density at radius 3 is 3.15 bits per heavy atom. The summed E-state index contributed by atoms with van der Waals surface area (Å²) in [7, 11) is 0. The second kappa shape index (κ2) is 4.49. The molecular formula is C10H15NS2. The van der Waals surface area contributed by atoms with Crippen molar-refractivity contribution in [2.45, 2.75) is 31.2 Å². The van der Waals surface area contributed by atoms with Crippen LogP contribution < -0.4 is 5.32 Å². The summed E-state index contributed by atoms with van der Waals surface area (Å²) in [6.45, 7) is 3.36. The van der Waals surface area contributed by atoms with E-state index in [4.69, 9.17) is 0 Å². The van der Waals surface area contributed by atoms with Crippen LogP contribution >= 0.6 is 23.1 Å². The molecule has 0 aromatic carbocycles. The van der Waals surface area contributed by atoms with Gasteiger partial charge in [-0.2, -0.15) is 23.1 Å². The molecule has 2 atom stereocenters. The van der Waals surface area contributed by atoms with Gasteiger partial charge in [0.2, 0.25) is 0 Å². The molecule has 1 aromatic rings. The molecule has 2 rings (SSSR count). The van der Waals surface area contributed by atoms with Gasteiger partial charge in [0, 0.05) is 23.6 Å². The van der Waals surface area contributed by atoms with Crippen LogP contribution in [0.2, 0.25) is 0 Å². The maximum absolute atomic E-state index is 3.60. The third kappa shape index (κ3) is 2.73. The Morgan fingerprint density at radius 2 is 2.54 bits per heavy atom. The first-order valence-corrected chi connectivity index (χ1v) is 6.70. The fourth-order valence-corrected chi connectivity index (χ4v) is 3.47. The van der Waals surface area contributed by atoms with Gasteiger partial charge in [0.05, 0.1) is 0 Å². The fourth-order valence-electron chi connectivity index (χ4n) is 1.61. The molecule has 1 N–H and O–H groups in total. The first-order chi connectivity index (χ1) is 6.34. The van der Waals surface area contributed by atoms with Crippen molar-refractivity contribution in [1.82, 2.24) is 5.32 Å². The summed E-state index contributed by atoms with van der Waals surface area (Å²) in [6, 6.07) is 2.93. The van der Waals surface area contributed by atoms with E-state index in [1.807, 2.05) is 0 Å². The molecule has 3 heteroatoms. The zero-order valence-corrected chi connectivity index (χ0v) is 9.46. The molecule has 0 radical (unpaired) electrons. The lowest BCUT2D eigenvalue weighted by atomic mass is 10.2. The fraction of sp³-hybridized carbons (Fsp3) is 0.600. The third-order valence-electron chi connectivity index (χ3n) is 2.37. The molecule has 2 heterocycles. The minimum Gasteiger partial charge on any atom is -0.309 e. The summed E-state index contributed by atoms with van der Waals surface area (Å²) in [5.74, 6) is 1.28. The topological polar surface area (TPSA) is 12.0 Å². The van der Waals surface area contributed by atoms with Gasteiger partial charge in [0.1, 0.15) is 0 Å². The SMILES string of the molecule is CC1CC(NCc2ccsc2)CS1. The molecule has 0 spiro atoms. The third-order valence-corrected chi connectivity index (χ3v) is 4.46. The summed E-state index contributed by atoms with van der Waals surface area (Å²) < 4.78 is 0. The van der Waals surface area contributed by atoms with Gasteiger partial charge in [0.15, 0.2) is 0 Å². The highest BCUT2D eigenvalue weighted by Gasteiger charge is 2.20. The summed E-state index contributed by atoms with van der Waals surface area (Å²) in [4.78, 5) is 0. The highest BCUT2D eigenvalue weighted by Crippen LogP contribution is 2.26. The van der Waals surface area contributed by atoms with Crippen LogP contribution in [0.1, 0.15) is 18.9 Å². The number of thiophene rings is 1. The van der Waals surface area contributed by atoms with Crippen molar-refractivity contribution in [1.29, 1.82) is 0 Å². The highest BCUT2D eigenvalue weighted by molar-refractivity contribution is 8.00. The Bertz CT molecular complexity index is 245. The predicted octanol–water partition coefficient (Wildman–Crippen LogP) is 2.73. The minimum absolute atomic E-state index is 0.736. The second-order valence-electron chi connectivity index (χ2n) is 3.59. The van der Waals surface area contributed by atoms with Gasteiger partial charge in [0.25, 0.3) is 0 Å². The lowest BCUT2D eigenvalue weighted by molar-refractivity contribution is 0.539. The van der Waals surface area contributed by atoms with Crippen LogP contribution in [0.4, 0.5) is 0 Å². The number of hydrogen-bond donors (Lipinski definition) is 1. The van der Waals surface area contributed by atoms with E-state index in [-0.39, 0.29) is 0 Å². The van der Waals surface area contributed by atoms with Gasteiger partial charge in [-0.25, -0.2) is 0 Å². The Kier molecular flexibility index (Phi) is 3.30. The molecule has 1 aromatic heterocycles. The molecule has 2 unspecified atom stereocenters. The average molecular weight is 213 g/mol. The molecule has 0 bridgehead atoms. The van der Waals surface area contributed by atoms with Gasteiger partial charge in [-0.05, 0) is 28.8 Å². The normalized spacial score (nSPS) is 28.1. The summed E-state index contributed by atoms with van der Waals surface area (Å²) in [5.41, 5.74) is 1.43. The van der Waals surface area contributed by atoms with Crippen LogP contribution in [0, 0.1) is 0 Å². The number of nitrogens with one attached hydrogen (secondary N) is 1. The van der Waals surface area contributed by atoms with Crippen LogP contribution in [0.15, 0.2) is 16.8 Å². The van der Waals surface area contributed by atoms with Crippen molar-refractivity contribution in [3.05, 3.63) is 22.4 Å². The quantitative estimate of drug-likeness (QED) is 0.828. The molecule has 0 saturated carbocycles. The van der Waals surface area contributed by atoms with Crippen LogP contribution in [0.3, 0.4) is 0 Å². The molecule has 1 saturated heterocycles. The van der Waals surface area contributed by atoms with Crippen LogP contribution in [0.5, 0.6) is 0 Å². The van der Waals surface area contributed by atoms with E-state index >= 15 is 0 Å². The van der Waals surface area contributed by atoms with E-state index < -0.39 is 0 Å². The number of rotatable bonds is 3. The first-order valence-electron chi connectivity index (χ1n) is 4.70. The lowest BCUT2D eigenvalue weighted by Gasteiger charge is -2.09. The van der Waals surface area contributed by atoms with Crippen molar-refractivity contribution in [2.24, 2.45) is 0 Å². The molecule has 1 aliphatic rings. The Labute approximate surface area is 87.9 Å². The van der Waals surface area contributed by atoms with E-state index in [1.54, 1.807) is 11.3 Å². The maximum atomic E-state index is 3.60. The van der Waals surface area contributed by atoms with Crippen molar-refractivity contribution >= 4 is 23.1 Å². The van der Waals surface area contributed by atoms with Crippen LogP contribution in [-0.2, 0) is 6.54 Å². The summed E-state index contributed by atoms with van der Waals surface area (Å²) in [5, 5.41) is 8.81. The molecule has 1 aliphatic heterocycles. The zero-order chi connectivity index (χ0) is 9.10.